The minimum atomic E-state index is 1.14. The predicted octanol–water partition coefficient (Wildman–Crippen LogP) is 16.2. The van der Waals surface area contributed by atoms with E-state index in [-0.39, 0.29) is 0 Å². The number of fused-ring (bicyclic) bond motifs is 6. The van der Waals surface area contributed by atoms with E-state index < -0.39 is 0 Å². The number of para-hydroxylation sites is 2. The topological polar surface area (TPSA) is 9.86 Å². The van der Waals surface area contributed by atoms with Gasteiger partial charge in [0.25, 0.3) is 0 Å². The number of rotatable bonds is 7. The zero-order chi connectivity index (χ0) is 41.0. The molecular formula is C60H40N2. The highest BCUT2D eigenvalue weighted by Gasteiger charge is 2.19. The highest BCUT2D eigenvalue weighted by atomic mass is 15.0. The lowest BCUT2D eigenvalue weighted by Gasteiger charge is -2.13. The highest BCUT2D eigenvalue weighted by Crippen LogP contribution is 2.42. The molecule has 0 saturated carbocycles. The van der Waals surface area contributed by atoms with Crippen LogP contribution in [0.4, 0.5) is 0 Å². The maximum absolute atomic E-state index is 2.46. The molecule has 0 spiro atoms. The second-order valence-electron chi connectivity index (χ2n) is 16.1. The van der Waals surface area contributed by atoms with Crippen LogP contribution in [-0.2, 0) is 0 Å². The largest absolute Gasteiger partial charge is 0.309 e. The van der Waals surface area contributed by atoms with Gasteiger partial charge in [0.2, 0.25) is 0 Å². The second kappa shape index (κ2) is 14.8. The summed E-state index contributed by atoms with van der Waals surface area (Å²) in [6.45, 7) is 0. The van der Waals surface area contributed by atoms with E-state index in [0.717, 1.165) is 11.4 Å². The molecule has 2 heterocycles. The third kappa shape index (κ3) is 6.04. The van der Waals surface area contributed by atoms with Gasteiger partial charge in [-0.2, -0.15) is 0 Å². The molecule has 12 aromatic rings. The third-order valence-electron chi connectivity index (χ3n) is 12.5. The molecule has 12 rings (SSSR count). The van der Waals surface area contributed by atoms with Crippen molar-refractivity contribution in [2.75, 3.05) is 0 Å². The first-order valence-electron chi connectivity index (χ1n) is 21.3. The molecular weight excluding hydrogens is 749 g/mol. The number of benzene rings is 10. The van der Waals surface area contributed by atoms with Crippen molar-refractivity contribution in [1.29, 1.82) is 0 Å². The summed E-state index contributed by atoms with van der Waals surface area (Å²) < 4.78 is 4.87. The van der Waals surface area contributed by atoms with Gasteiger partial charge in [0.05, 0.1) is 22.1 Å². The van der Waals surface area contributed by atoms with Gasteiger partial charge in [0, 0.05) is 38.5 Å². The molecule has 0 aliphatic carbocycles. The lowest BCUT2D eigenvalue weighted by atomic mass is 9.99. The molecule has 0 aliphatic heterocycles. The summed E-state index contributed by atoms with van der Waals surface area (Å²) in [7, 11) is 0. The lowest BCUT2D eigenvalue weighted by molar-refractivity contribution is 1.18. The van der Waals surface area contributed by atoms with Crippen LogP contribution in [0.2, 0.25) is 0 Å². The molecule has 290 valence electrons. The number of hydrogen-bond donors (Lipinski definition) is 0. The van der Waals surface area contributed by atoms with Gasteiger partial charge in [-0.25, -0.2) is 0 Å². The Morgan fingerprint density at radius 2 is 0.629 bits per heavy atom. The molecule has 0 unspecified atom stereocenters. The van der Waals surface area contributed by atoms with Crippen LogP contribution in [0.25, 0.3) is 111 Å². The molecule has 10 aromatic carbocycles. The fourth-order valence-corrected chi connectivity index (χ4v) is 9.54. The van der Waals surface area contributed by atoms with Crippen molar-refractivity contribution in [3.63, 3.8) is 0 Å². The monoisotopic (exact) mass is 788 g/mol. The quantitative estimate of drug-likeness (QED) is 0.152. The molecule has 2 nitrogen and oxygen atoms in total. The van der Waals surface area contributed by atoms with Gasteiger partial charge in [0.15, 0.2) is 0 Å². The van der Waals surface area contributed by atoms with Crippen LogP contribution in [-0.4, -0.2) is 9.13 Å². The Labute approximate surface area is 360 Å². The van der Waals surface area contributed by atoms with Gasteiger partial charge >= 0.3 is 0 Å². The zero-order valence-corrected chi connectivity index (χ0v) is 34.0. The minimum absolute atomic E-state index is 1.14. The summed E-state index contributed by atoms with van der Waals surface area (Å²) in [5.74, 6) is 0. The van der Waals surface area contributed by atoms with E-state index in [2.05, 4.69) is 252 Å². The smallest absolute Gasteiger partial charge is 0.0619 e. The molecule has 0 radical (unpaired) electrons. The first-order chi connectivity index (χ1) is 30.7. The predicted molar refractivity (Wildman–Crippen MR) is 262 cm³/mol. The Morgan fingerprint density at radius 1 is 0.210 bits per heavy atom. The van der Waals surface area contributed by atoms with Crippen LogP contribution >= 0.6 is 0 Å². The molecule has 0 atom stereocenters. The minimum Gasteiger partial charge on any atom is -0.309 e. The van der Waals surface area contributed by atoms with Crippen molar-refractivity contribution >= 4 is 43.6 Å². The van der Waals surface area contributed by atoms with Crippen molar-refractivity contribution in [1.82, 2.24) is 9.13 Å². The molecule has 0 fully saturated rings. The summed E-state index contributed by atoms with van der Waals surface area (Å²) in [6, 6.07) is 88.3. The molecule has 2 heteroatoms. The summed E-state index contributed by atoms with van der Waals surface area (Å²) in [6.07, 6.45) is 0. The molecule has 0 bridgehead atoms. The van der Waals surface area contributed by atoms with Crippen molar-refractivity contribution in [2.45, 2.75) is 0 Å². The van der Waals surface area contributed by atoms with Crippen molar-refractivity contribution in [3.8, 4) is 67.0 Å². The summed E-state index contributed by atoms with van der Waals surface area (Å²) in [5.41, 5.74) is 19.2. The molecule has 0 aliphatic rings. The summed E-state index contributed by atoms with van der Waals surface area (Å²) in [4.78, 5) is 0. The first kappa shape index (κ1) is 35.7. The summed E-state index contributed by atoms with van der Waals surface area (Å²) in [5, 5.41) is 4.96. The van der Waals surface area contributed by atoms with Crippen molar-refractivity contribution in [3.05, 3.63) is 243 Å². The molecule has 0 saturated heterocycles. The Bertz CT molecular complexity index is 3580. The van der Waals surface area contributed by atoms with E-state index in [0.29, 0.717) is 0 Å². The van der Waals surface area contributed by atoms with Crippen LogP contribution < -0.4 is 0 Å². The van der Waals surface area contributed by atoms with E-state index in [9.17, 15) is 0 Å². The fourth-order valence-electron chi connectivity index (χ4n) is 9.54. The zero-order valence-electron chi connectivity index (χ0n) is 34.0. The van der Waals surface area contributed by atoms with Crippen LogP contribution in [0.15, 0.2) is 243 Å². The van der Waals surface area contributed by atoms with Gasteiger partial charge in [-0.05, 0) is 105 Å². The van der Waals surface area contributed by atoms with Gasteiger partial charge in [-0.3, -0.25) is 0 Å². The number of nitrogens with zero attached hydrogens (tertiary/aromatic N) is 2. The van der Waals surface area contributed by atoms with E-state index in [1.54, 1.807) is 0 Å². The van der Waals surface area contributed by atoms with E-state index >= 15 is 0 Å². The van der Waals surface area contributed by atoms with E-state index in [1.165, 1.54) is 99.2 Å². The molecule has 0 amide bonds. The van der Waals surface area contributed by atoms with Crippen molar-refractivity contribution in [2.24, 2.45) is 0 Å². The molecule has 0 N–H and O–H groups in total. The summed E-state index contributed by atoms with van der Waals surface area (Å²) >= 11 is 0. The van der Waals surface area contributed by atoms with E-state index in [1.807, 2.05) is 0 Å². The Morgan fingerprint density at radius 3 is 1.27 bits per heavy atom. The van der Waals surface area contributed by atoms with Crippen LogP contribution in [0.1, 0.15) is 0 Å². The van der Waals surface area contributed by atoms with Crippen molar-refractivity contribution < 1.29 is 0 Å². The van der Waals surface area contributed by atoms with Crippen LogP contribution in [0, 0.1) is 0 Å². The fraction of sp³-hybridized carbons (Fsp3) is 0. The van der Waals surface area contributed by atoms with Crippen LogP contribution in [0.5, 0.6) is 0 Å². The lowest BCUT2D eigenvalue weighted by Crippen LogP contribution is -1.96. The average Bonchev–Trinajstić information content (AvgIpc) is 3.87. The highest BCUT2D eigenvalue weighted by molar-refractivity contribution is 6.15. The first-order valence-corrected chi connectivity index (χ1v) is 21.3. The maximum Gasteiger partial charge on any atom is 0.0619 e. The maximum atomic E-state index is 2.46. The van der Waals surface area contributed by atoms with E-state index in [4.69, 9.17) is 0 Å². The Hall–Kier alpha value is -8.20. The third-order valence-corrected chi connectivity index (χ3v) is 12.5. The Balaban J connectivity index is 0.968. The Kier molecular flexibility index (Phi) is 8.53. The SMILES string of the molecule is c1ccc(-c2ccc(-c3ccc(-n4c5ccccc5c5cc(-c6ccc7c(c6)c6cccc(-c8ccccc8)c6n7-c6cccc(-c7ccccc7)c6)ccc54)cc3)cc2)cc1. The van der Waals surface area contributed by atoms with Crippen LogP contribution in [0.3, 0.4) is 0 Å². The van der Waals surface area contributed by atoms with Gasteiger partial charge in [0.1, 0.15) is 0 Å². The van der Waals surface area contributed by atoms with Gasteiger partial charge in [-0.1, -0.05) is 188 Å². The standard InChI is InChI=1S/C60H40N2/c1-4-14-41(15-5-1)43-26-28-44(29-27-43)45-30-34-50(35-31-45)61-57-25-11-10-22-53(57)55-39-48(32-36-58(55)61)49-33-37-59-56(40-49)54-24-13-23-52(46-18-8-3-9-19-46)60(54)62(59)51-21-12-20-47(38-51)42-16-6-2-7-17-42/h1-40H. The number of aromatic nitrogens is 2. The normalized spacial score (nSPS) is 11.5. The number of hydrogen-bond acceptors (Lipinski definition) is 0. The van der Waals surface area contributed by atoms with Gasteiger partial charge < -0.3 is 9.13 Å². The average molecular weight is 789 g/mol. The molecule has 2 aromatic heterocycles. The van der Waals surface area contributed by atoms with Gasteiger partial charge in [-0.15, -0.1) is 0 Å². The molecule has 62 heavy (non-hydrogen) atoms. The second-order valence-corrected chi connectivity index (χ2v) is 16.1.